The monoisotopic (exact) mass is 307 g/mol. The molecule has 0 radical (unpaired) electrons. The van der Waals surface area contributed by atoms with Crippen molar-refractivity contribution < 1.29 is 4.79 Å². The molecule has 0 bridgehead atoms. The fourth-order valence-corrected chi connectivity index (χ4v) is 2.07. The van der Waals surface area contributed by atoms with Crippen LogP contribution in [0.4, 0.5) is 0 Å². The lowest BCUT2D eigenvalue weighted by atomic mass is 9.94. The molecule has 0 saturated carbocycles. The van der Waals surface area contributed by atoms with E-state index < -0.39 is 5.41 Å². The van der Waals surface area contributed by atoms with Gasteiger partial charge in [-0.15, -0.1) is 11.6 Å². The zero-order valence-electron chi connectivity index (χ0n) is 10.6. The van der Waals surface area contributed by atoms with Gasteiger partial charge in [-0.1, -0.05) is 35.3 Å². The highest BCUT2D eigenvalue weighted by atomic mass is 35.5. The normalized spacial score (nSPS) is 11.4. The summed E-state index contributed by atoms with van der Waals surface area (Å²) in [6.45, 7) is 4.05. The first-order valence-electron chi connectivity index (χ1n) is 5.54. The van der Waals surface area contributed by atoms with Gasteiger partial charge in [-0.25, -0.2) is 0 Å². The molecule has 0 N–H and O–H groups in total. The van der Waals surface area contributed by atoms with E-state index in [0.717, 1.165) is 5.56 Å². The Bertz CT molecular complexity index is 446. The van der Waals surface area contributed by atoms with Crippen LogP contribution >= 0.6 is 34.8 Å². The molecule has 0 aromatic heterocycles. The highest BCUT2D eigenvalue weighted by molar-refractivity contribution is 6.42. The maximum Gasteiger partial charge on any atom is 0.229 e. The summed E-state index contributed by atoms with van der Waals surface area (Å²) in [5, 5.41) is 0.981. The lowest BCUT2D eigenvalue weighted by Crippen LogP contribution is -2.39. The third-order valence-electron chi connectivity index (χ3n) is 2.70. The number of rotatable bonds is 4. The van der Waals surface area contributed by atoms with Gasteiger partial charge in [0.25, 0.3) is 0 Å². The van der Waals surface area contributed by atoms with E-state index in [2.05, 4.69) is 0 Å². The van der Waals surface area contributed by atoms with E-state index in [0.29, 0.717) is 16.6 Å². The summed E-state index contributed by atoms with van der Waals surface area (Å²) < 4.78 is 0. The molecule has 0 fully saturated rings. The molecule has 1 aromatic carbocycles. The summed E-state index contributed by atoms with van der Waals surface area (Å²) in [7, 11) is 1.73. The molecular weight excluding hydrogens is 293 g/mol. The third-order valence-corrected chi connectivity index (χ3v) is 4.23. The fourth-order valence-electron chi connectivity index (χ4n) is 1.57. The van der Waals surface area contributed by atoms with Crippen LogP contribution in [0.1, 0.15) is 19.4 Å². The quantitative estimate of drug-likeness (QED) is 0.763. The molecule has 0 aliphatic carbocycles. The molecule has 5 heteroatoms. The Morgan fingerprint density at radius 3 is 2.50 bits per heavy atom. The van der Waals surface area contributed by atoms with Crippen molar-refractivity contribution in [2.24, 2.45) is 5.41 Å². The molecule has 0 atom stereocenters. The van der Waals surface area contributed by atoms with Crippen LogP contribution in [0, 0.1) is 5.41 Å². The van der Waals surface area contributed by atoms with Gasteiger partial charge in [-0.2, -0.15) is 0 Å². The maximum absolute atomic E-state index is 12.2. The van der Waals surface area contributed by atoms with Gasteiger partial charge >= 0.3 is 0 Å². The Balaban J connectivity index is 2.85. The van der Waals surface area contributed by atoms with Gasteiger partial charge in [0.2, 0.25) is 5.91 Å². The number of carbonyl (C=O) groups excluding carboxylic acids is 1. The van der Waals surface area contributed by atoms with E-state index in [1.165, 1.54) is 0 Å². The van der Waals surface area contributed by atoms with Crippen LogP contribution in [0.15, 0.2) is 18.2 Å². The van der Waals surface area contributed by atoms with Gasteiger partial charge in [0.1, 0.15) is 0 Å². The molecule has 18 heavy (non-hydrogen) atoms. The minimum atomic E-state index is -0.582. The Hall–Kier alpha value is -0.440. The second-order valence-electron chi connectivity index (χ2n) is 4.89. The number of halogens is 3. The van der Waals surface area contributed by atoms with Crippen LogP contribution in [-0.4, -0.2) is 23.7 Å². The number of benzene rings is 1. The van der Waals surface area contributed by atoms with Gasteiger partial charge in [-0.05, 0) is 25.5 Å². The second kappa shape index (κ2) is 6.14. The summed E-state index contributed by atoms with van der Waals surface area (Å²) in [6, 6.07) is 5.39. The van der Waals surface area contributed by atoms with Crippen LogP contribution in [0.3, 0.4) is 0 Å². The van der Waals surface area contributed by atoms with Crippen molar-refractivity contribution in [1.82, 2.24) is 4.90 Å². The van der Waals surface area contributed by atoms with E-state index in [9.17, 15) is 4.79 Å². The molecule has 0 aliphatic heterocycles. The summed E-state index contributed by atoms with van der Waals surface area (Å²) in [5.74, 6) is 0.257. The first kappa shape index (κ1) is 15.6. The second-order valence-corrected chi connectivity index (χ2v) is 5.94. The topological polar surface area (TPSA) is 20.3 Å². The van der Waals surface area contributed by atoms with E-state index in [-0.39, 0.29) is 11.8 Å². The largest absolute Gasteiger partial charge is 0.341 e. The zero-order valence-corrected chi connectivity index (χ0v) is 12.9. The molecule has 0 spiro atoms. The zero-order chi connectivity index (χ0) is 13.9. The van der Waals surface area contributed by atoms with Crippen molar-refractivity contribution in [1.29, 1.82) is 0 Å². The number of nitrogens with zero attached hydrogens (tertiary/aromatic N) is 1. The summed E-state index contributed by atoms with van der Waals surface area (Å²) in [6.07, 6.45) is 0. The average Bonchev–Trinajstić information content (AvgIpc) is 2.33. The van der Waals surface area contributed by atoms with Crippen molar-refractivity contribution in [2.45, 2.75) is 20.4 Å². The number of hydrogen-bond acceptors (Lipinski definition) is 1. The van der Waals surface area contributed by atoms with E-state index >= 15 is 0 Å². The van der Waals surface area contributed by atoms with Crippen LogP contribution in [0.2, 0.25) is 10.0 Å². The number of carbonyl (C=O) groups is 1. The lowest BCUT2D eigenvalue weighted by molar-refractivity contribution is -0.138. The molecule has 0 saturated heterocycles. The molecule has 100 valence electrons. The predicted octanol–water partition coefficient (Wildman–Crippen LogP) is 4.22. The molecule has 2 nitrogen and oxygen atoms in total. The Morgan fingerprint density at radius 1 is 1.33 bits per heavy atom. The lowest BCUT2D eigenvalue weighted by Gasteiger charge is -2.27. The molecule has 1 rings (SSSR count). The van der Waals surface area contributed by atoms with Crippen molar-refractivity contribution in [3.8, 4) is 0 Å². The number of alkyl halides is 1. The van der Waals surface area contributed by atoms with E-state index in [4.69, 9.17) is 34.8 Å². The summed E-state index contributed by atoms with van der Waals surface area (Å²) in [5.41, 5.74) is 0.242. The highest BCUT2D eigenvalue weighted by Gasteiger charge is 2.29. The minimum Gasteiger partial charge on any atom is -0.341 e. The Kier molecular flexibility index (Phi) is 5.32. The van der Waals surface area contributed by atoms with Gasteiger partial charge in [0, 0.05) is 19.5 Å². The van der Waals surface area contributed by atoms with Crippen molar-refractivity contribution in [2.75, 3.05) is 12.9 Å². The van der Waals surface area contributed by atoms with Gasteiger partial charge < -0.3 is 4.90 Å². The van der Waals surface area contributed by atoms with Crippen LogP contribution < -0.4 is 0 Å². The van der Waals surface area contributed by atoms with Crippen molar-refractivity contribution >= 4 is 40.7 Å². The van der Waals surface area contributed by atoms with E-state index in [1.54, 1.807) is 18.0 Å². The predicted molar refractivity (Wildman–Crippen MR) is 77.4 cm³/mol. The maximum atomic E-state index is 12.2. The van der Waals surface area contributed by atoms with Crippen LogP contribution in [0.25, 0.3) is 0 Å². The SMILES string of the molecule is CN(Cc1cccc(Cl)c1Cl)C(=O)C(C)(C)CCl. The molecule has 0 heterocycles. The molecule has 0 unspecified atom stereocenters. The summed E-state index contributed by atoms with van der Waals surface area (Å²) >= 11 is 17.8. The van der Waals surface area contributed by atoms with Gasteiger partial charge in [0.05, 0.1) is 15.5 Å². The highest BCUT2D eigenvalue weighted by Crippen LogP contribution is 2.27. The van der Waals surface area contributed by atoms with Gasteiger partial charge in [-0.3, -0.25) is 4.79 Å². The Morgan fingerprint density at radius 2 is 1.94 bits per heavy atom. The molecular formula is C13H16Cl3NO. The van der Waals surface area contributed by atoms with Gasteiger partial charge in [0.15, 0.2) is 0 Å². The number of hydrogen-bond donors (Lipinski definition) is 0. The Labute approximate surface area is 123 Å². The fraction of sp³-hybridized carbons (Fsp3) is 0.462. The van der Waals surface area contributed by atoms with Crippen LogP contribution in [0.5, 0.6) is 0 Å². The summed E-state index contributed by atoms with van der Waals surface area (Å²) in [4.78, 5) is 13.8. The average molecular weight is 309 g/mol. The smallest absolute Gasteiger partial charge is 0.229 e. The molecule has 0 aliphatic rings. The third kappa shape index (κ3) is 3.53. The number of amides is 1. The first-order valence-corrected chi connectivity index (χ1v) is 6.83. The van der Waals surface area contributed by atoms with Crippen molar-refractivity contribution in [3.05, 3.63) is 33.8 Å². The standard InChI is InChI=1S/C13H16Cl3NO/c1-13(2,8-14)12(18)17(3)7-9-5-4-6-10(15)11(9)16/h4-6H,7-8H2,1-3H3. The van der Waals surface area contributed by atoms with Crippen molar-refractivity contribution in [3.63, 3.8) is 0 Å². The molecule has 1 amide bonds. The first-order chi connectivity index (χ1) is 8.29. The minimum absolute atomic E-state index is 0.0199. The molecule has 1 aromatic rings. The van der Waals surface area contributed by atoms with E-state index in [1.807, 2.05) is 26.0 Å². The van der Waals surface area contributed by atoms with Crippen LogP contribution in [-0.2, 0) is 11.3 Å².